The maximum absolute atomic E-state index is 11.3. The number of amides is 1. The van der Waals surface area contributed by atoms with Crippen molar-refractivity contribution in [2.75, 3.05) is 0 Å². The summed E-state index contributed by atoms with van der Waals surface area (Å²) < 4.78 is 12.1. The molecular formula is C16H15ClN4O4. The fourth-order valence-electron chi connectivity index (χ4n) is 2.34. The maximum Gasteiger partial charge on any atom is 0.267 e. The Morgan fingerprint density at radius 2 is 2.12 bits per heavy atom. The predicted molar refractivity (Wildman–Crippen MR) is 88.9 cm³/mol. The molecule has 1 aromatic carbocycles. The van der Waals surface area contributed by atoms with Crippen LogP contribution >= 0.6 is 11.6 Å². The smallest absolute Gasteiger partial charge is 0.267 e. The summed E-state index contributed by atoms with van der Waals surface area (Å²) in [6.07, 6.45) is 0. The highest BCUT2D eigenvalue weighted by atomic mass is 35.5. The van der Waals surface area contributed by atoms with Crippen molar-refractivity contribution in [3.8, 4) is 17.1 Å². The normalized spacial score (nSPS) is 10.8. The van der Waals surface area contributed by atoms with Gasteiger partial charge in [0, 0.05) is 23.7 Å². The summed E-state index contributed by atoms with van der Waals surface area (Å²) in [4.78, 5) is 11.3. The Morgan fingerprint density at radius 1 is 1.40 bits per heavy atom. The van der Waals surface area contributed by atoms with Gasteiger partial charge in [0.05, 0.1) is 5.56 Å². The molecule has 2 aromatic heterocycles. The number of benzene rings is 1. The molecule has 1 amide bonds. The average Bonchev–Trinajstić information content (AvgIpc) is 3.16. The van der Waals surface area contributed by atoms with Gasteiger partial charge in [0.25, 0.3) is 5.91 Å². The number of aliphatic hydroxyl groups is 1. The van der Waals surface area contributed by atoms with E-state index >= 15 is 0 Å². The topological polar surface area (TPSA) is 116 Å². The molecule has 0 aliphatic rings. The fraction of sp³-hybridized carbons (Fsp3) is 0.188. The minimum atomic E-state index is -0.604. The zero-order chi connectivity index (χ0) is 18.0. The number of halogens is 1. The summed E-state index contributed by atoms with van der Waals surface area (Å²) >= 11 is 5.90. The van der Waals surface area contributed by atoms with Crippen molar-refractivity contribution in [2.24, 2.45) is 12.8 Å². The van der Waals surface area contributed by atoms with Crippen LogP contribution in [0.2, 0.25) is 5.02 Å². The molecule has 3 rings (SSSR count). The largest absolute Gasteiger partial charge is 0.471 e. The molecule has 3 N–H and O–H groups in total. The van der Waals surface area contributed by atoms with Gasteiger partial charge in [0.15, 0.2) is 5.76 Å². The fourth-order valence-corrected chi connectivity index (χ4v) is 2.47. The summed E-state index contributed by atoms with van der Waals surface area (Å²) in [6, 6.07) is 8.48. The highest BCUT2D eigenvalue weighted by Crippen LogP contribution is 2.28. The van der Waals surface area contributed by atoms with Gasteiger partial charge in [-0.25, -0.2) is 0 Å². The van der Waals surface area contributed by atoms with Gasteiger partial charge in [-0.3, -0.25) is 9.48 Å². The first kappa shape index (κ1) is 17.0. The van der Waals surface area contributed by atoms with Crippen molar-refractivity contribution >= 4 is 17.5 Å². The summed E-state index contributed by atoms with van der Waals surface area (Å²) in [5, 5.41) is 18.1. The second-order valence-electron chi connectivity index (χ2n) is 5.24. The number of nitrogens with zero attached hydrogens (tertiary/aromatic N) is 3. The van der Waals surface area contributed by atoms with E-state index in [1.165, 1.54) is 10.7 Å². The van der Waals surface area contributed by atoms with Crippen LogP contribution in [-0.2, 0) is 20.3 Å². The molecule has 0 unspecified atom stereocenters. The van der Waals surface area contributed by atoms with Gasteiger partial charge in [0.1, 0.15) is 24.6 Å². The Balaban J connectivity index is 1.86. The lowest BCUT2D eigenvalue weighted by Gasteiger charge is -2.05. The van der Waals surface area contributed by atoms with Crippen molar-refractivity contribution in [1.29, 1.82) is 0 Å². The third-order valence-corrected chi connectivity index (χ3v) is 3.86. The number of hydrogen-bond acceptors (Lipinski definition) is 6. The first-order chi connectivity index (χ1) is 12.0. The third-order valence-electron chi connectivity index (χ3n) is 3.61. The van der Waals surface area contributed by atoms with E-state index in [-0.39, 0.29) is 30.5 Å². The third kappa shape index (κ3) is 3.49. The Hall–Kier alpha value is -2.84. The molecule has 2 heterocycles. The Labute approximate surface area is 147 Å². The number of nitrogens with two attached hydrogens (primary N) is 1. The zero-order valence-electron chi connectivity index (χ0n) is 13.3. The van der Waals surface area contributed by atoms with Gasteiger partial charge in [-0.2, -0.15) is 0 Å². The number of aryl methyl sites for hydroxylation is 1. The van der Waals surface area contributed by atoms with Crippen molar-refractivity contribution < 1.29 is 19.2 Å². The molecule has 0 aliphatic carbocycles. The van der Waals surface area contributed by atoms with Crippen LogP contribution in [0.1, 0.15) is 21.8 Å². The lowest BCUT2D eigenvalue weighted by molar-refractivity contribution is 0.0991. The van der Waals surface area contributed by atoms with Crippen LogP contribution in [-0.4, -0.2) is 26.0 Å². The van der Waals surface area contributed by atoms with Crippen LogP contribution in [0.25, 0.3) is 11.3 Å². The summed E-state index contributed by atoms with van der Waals surface area (Å²) in [6.45, 7) is -0.277. The molecule has 0 saturated carbocycles. The van der Waals surface area contributed by atoms with Gasteiger partial charge in [-0.05, 0) is 12.1 Å². The lowest BCUT2D eigenvalue weighted by Crippen LogP contribution is -2.15. The minimum Gasteiger partial charge on any atom is -0.471 e. The minimum absolute atomic E-state index is 0.0482. The second-order valence-corrected chi connectivity index (χ2v) is 5.68. The van der Waals surface area contributed by atoms with Crippen LogP contribution in [0.3, 0.4) is 0 Å². The van der Waals surface area contributed by atoms with Crippen LogP contribution in [0.4, 0.5) is 0 Å². The number of aromatic nitrogens is 3. The summed E-state index contributed by atoms with van der Waals surface area (Å²) in [7, 11) is 1.59. The van der Waals surface area contributed by atoms with Crippen molar-refractivity contribution in [1.82, 2.24) is 14.9 Å². The SMILES string of the molecule is Cn1nc(OCc2c(-c3ccc(Cl)cc3)noc2CO)cc1C(N)=O. The van der Waals surface area contributed by atoms with E-state index in [1.807, 2.05) is 0 Å². The quantitative estimate of drug-likeness (QED) is 0.691. The van der Waals surface area contributed by atoms with Crippen LogP contribution < -0.4 is 10.5 Å². The van der Waals surface area contributed by atoms with E-state index in [2.05, 4.69) is 10.3 Å². The monoisotopic (exact) mass is 362 g/mol. The molecule has 0 saturated heterocycles. The highest BCUT2D eigenvalue weighted by Gasteiger charge is 2.19. The van der Waals surface area contributed by atoms with Crippen molar-refractivity contribution in [2.45, 2.75) is 13.2 Å². The number of hydrogen-bond donors (Lipinski definition) is 2. The van der Waals surface area contributed by atoms with Crippen LogP contribution in [0, 0.1) is 0 Å². The Kier molecular flexibility index (Phi) is 4.73. The lowest BCUT2D eigenvalue weighted by atomic mass is 10.1. The van der Waals surface area contributed by atoms with Gasteiger partial charge in [-0.15, -0.1) is 5.10 Å². The molecule has 8 nitrogen and oxygen atoms in total. The molecule has 0 aliphatic heterocycles. The van der Waals surface area contributed by atoms with Gasteiger partial charge in [-0.1, -0.05) is 28.9 Å². The van der Waals surface area contributed by atoms with E-state index in [4.69, 9.17) is 26.6 Å². The van der Waals surface area contributed by atoms with E-state index in [0.717, 1.165) is 5.56 Å². The number of ether oxygens (including phenoxy) is 1. The molecule has 130 valence electrons. The average molecular weight is 363 g/mol. The summed E-state index contributed by atoms with van der Waals surface area (Å²) in [5.74, 6) is -0.0906. The highest BCUT2D eigenvalue weighted by molar-refractivity contribution is 6.30. The standard InChI is InChI=1S/C16H15ClN4O4/c1-21-12(16(18)23)6-14(19-21)24-8-11-13(7-22)25-20-15(11)9-2-4-10(17)5-3-9/h2-6,22H,7-8H2,1H3,(H2,18,23). The molecule has 0 fully saturated rings. The second kappa shape index (κ2) is 6.96. The molecule has 25 heavy (non-hydrogen) atoms. The molecule has 9 heteroatoms. The molecular weight excluding hydrogens is 348 g/mol. The van der Waals surface area contributed by atoms with E-state index in [9.17, 15) is 9.90 Å². The van der Waals surface area contributed by atoms with Crippen LogP contribution in [0.5, 0.6) is 5.88 Å². The zero-order valence-corrected chi connectivity index (χ0v) is 14.0. The van der Waals surface area contributed by atoms with Gasteiger partial charge in [0.2, 0.25) is 5.88 Å². The van der Waals surface area contributed by atoms with E-state index < -0.39 is 5.91 Å². The maximum atomic E-state index is 11.3. The number of aliphatic hydroxyl groups excluding tert-OH is 1. The first-order valence-electron chi connectivity index (χ1n) is 7.30. The molecule has 0 atom stereocenters. The Bertz CT molecular complexity index is 902. The van der Waals surface area contributed by atoms with Crippen molar-refractivity contribution in [3.05, 3.63) is 52.4 Å². The predicted octanol–water partition coefficient (Wildman–Crippen LogP) is 1.90. The number of carbonyl (C=O) groups excluding carboxylic acids is 1. The first-order valence-corrected chi connectivity index (χ1v) is 7.68. The molecule has 0 bridgehead atoms. The number of primary amides is 1. The number of rotatable bonds is 6. The van der Waals surface area contributed by atoms with Gasteiger partial charge < -0.3 is 20.1 Å². The number of carbonyl (C=O) groups is 1. The summed E-state index contributed by atoms with van der Waals surface area (Å²) in [5.41, 5.74) is 7.36. The van der Waals surface area contributed by atoms with E-state index in [1.54, 1.807) is 31.3 Å². The molecule has 0 spiro atoms. The van der Waals surface area contributed by atoms with Crippen molar-refractivity contribution in [3.63, 3.8) is 0 Å². The molecule has 3 aromatic rings. The van der Waals surface area contributed by atoms with E-state index in [0.29, 0.717) is 16.3 Å². The molecule has 0 radical (unpaired) electrons. The van der Waals surface area contributed by atoms with Gasteiger partial charge >= 0.3 is 0 Å². The Morgan fingerprint density at radius 3 is 2.72 bits per heavy atom. The van der Waals surface area contributed by atoms with Crippen LogP contribution in [0.15, 0.2) is 34.9 Å².